The molecule has 10 heteroatoms. The summed E-state index contributed by atoms with van der Waals surface area (Å²) in [6, 6.07) is 31.5. The van der Waals surface area contributed by atoms with E-state index in [0.29, 0.717) is 33.3 Å². The molecule has 0 aliphatic rings. The average Bonchev–Trinajstić information content (AvgIpc) is 3.55. The molecule has 0 fully saturated rings. The highest BCUT2D eigenvalue weighted by atomic mass is 32.2. The van der Waals surface area contributed by atoms with Crippen molar-refractivity contribution < 1.29 is 23.9 Å². The fourth-order valence-electron chi connectivity index (χ4n) is 5.20. The second-order valence-corrected chi connectivity index (χ2v) is 14.7. The number of aryl methyl sites for hydroxylation is 1. The van der Waals surface area contributed by atoms with Crippen LogP contribution in [0, 0.1) is 6.92 Å². The standard InChI is InChI=1S/C42H41N3O5S2/c1-6-50-42(49)37-35(31-19-15-27(4)16-20-31)25-51-41(37)45-38(46)28(5)52-34-14-10-13-33(24-34)43-40(48)36(44-39(47)32-11-8-7-9-12-32)23-29-17-21-30(22-18-29)26(2)3/h7-26,28H,6H2,1-5H3,(H,43,48)(H,44,47)(H,45,46)/b36-23+. The maximum Gasteiger partial charge on any atom is 0.341 e. The van der Waals surface area contributed by atoms with Crippen LogP contribution in [0.15, 0.2) is 119 Å². The zero-order valence-electron chi connectivity index (χ0n) is 29.7. The summed E-state index contributed by atoms with van der Waals surface area (Å²) < 4.78 is 5.35. The molecule has 0 saturated carbocycles. The summed E-state index contributed by atoms with van der Waals surface area (Å²) in [5, 5.41) is 10.3. The van der Waals surface area contributed by atoms with Crippen LogP contribution in [0.25, 0.3) is 17.2 Å². The van der Waals surface area contributed by atoms with Crippen LogP contribution in [0.2, 0.25) is 0 Å². The van der Waals surface area contributed by atoms with E-state index in [1.165, 1.54) is 23.1 Å². The first-order chi connectivity index (χ1) is 25.0. The van der Waals surface area contributed by atoms with E-state index >= 15 is 0 Å². The third-order valence-electron chi connectivity index (χ3n) is 8.09. The van der Waals surface area contributed by atoms with Gasteiger partial charge in [-0.15, -0.1) is 23.1 Å². The van der Waals surface area contributed by atoms with Gasteiger partial charge in [0, 0.05) is 27.1 Å². The van der Waals surface area contributed by atoms with E-state index in [2.05, 4.69) is 29.8 Å². The van der Waals surface area contributed by atoms with Crippen molar-refractivity contribution in [2.24, 2.45) is 0 Å². The van der Waals surface area contributed by atoms with Gasteiger partial charge in [0.05, 0.1) is 11.9 Å². The van der Waals surface area contributed by atoms with Crippen LogP contribution in [-0.2, 0) is 14.3 Å². The molecule has 0 radical (unpaired) electrons. The SMILES string of the molecule is CCOC(=O)c1c(-c2ccc(C)cc2)csc1NC(=O)C(C)Sc1cccc(NC(=O)/C(=C\c2ccc(C(C)C)cc2)NC(=O)c2ccccc2)c1. The zero-order chi connectivity index (χ0) is 37.2. The van der Waals surface area contributed by atoms with Gasteiger partial charge in [0.2, 0.25) is 5.91 Å². The number of rotatable bonds is 13. The lowest BCUT2D eigenvalue weighted by atomic mass is 10.0. The second kappa shape index (κ2) is 17.7. The van der Waals surface area contributed by atoms with Crippen molar-refractivity contribution in [3.63, 3.8) is 0 Å². The predicted molar refractivity (Wildman–Crippen MR) is 212 cm³/mol. The molecule has 1 unspecified atom stereocenters. The van der Waals surface area contributed by atoms with E-state index in [4.69, 9.17) is 4.74 Å². The minimum atomic E-state index is -0.555. The van der Waals surface area contributed by atoms with Crippen LogP contribution >= 0.6 is 23.1 Å². The molecule has 1 atom stereocenters. The number of hydrogen-bond acceptors (Lipinski definition) is 7. The lowest BCUT2D eigenvalue weighted by Gasteiger charge is -2.14. The number of esters is 1. The van der Waals surface area contributed by atoms with E-state index in [9.17, 15) is 19.2 Å². The first kappa shape index (κ1) is 37.8. The summed E-state index contributed by atoms with van der Waals surface area (Å²) in [4.78, 5) is 54.0. The second-order valence-electron chi connectivity index (χ2n) is 12.4. The van der Waals surface area contributed by atoms with E-state index in [1.54, 1.807) is 62.4 Å². The van der Waals surface area contributed by atoms with Gasteiger partial charge in [0.15, 0.2) is 0 Å². The van der Waals surface area contributed by atoms with Crippen LogP contribution in [-0.4, -0.2) is 35.5 Å². The number of benzene rings is 4. The molecular formula is C42H41N3O5S2. The highest BCUT2D eigenvalue weighted by molar-refractivity contribution is 8.00. The lowest BCUT2D eigenvalue weighted by molar-refractivity contribution is -0.115. The third kappa shape index (κ3) is 9.86. The van der Waals surface area contributed by atoms with Crippen molar-refractivity contribution in [1.29, 1.82) is 0 Å². The molecule has 1 aromatic heterocycles. The number of nitrogens with one attached hydrogen (secondary N) is 3. The van der Waals surface area contributed by atoms with Crippen LogP contribution in [0.4, 0.5) is 10.7 Å². The van der Waals surface area contributed by atoms with Gasteiger partial charge in [-0.3, -0.25) is 14.4 Å². The van der Waals surface area contributed by atoms with Gasteiger partial charge < -0.3 is 20.7 Å². The number of anilines is 2. The van der Waals surface area contributed by atoms with Gasteiger partial charge in [-0.25, -0.2) is 4.79 Å². The number of thiophene rings is 1. The topological polar surface area (TPSA) is 114 Å². The Morgan fingerprint density at radius 3 is 2.23 bits per heavy atom. The maximum atomic E-state index is 13.7. The Kier molecular flexibility index (Phi) is 12.8. The van der Waals surface area contributed by atoms with E-state index in [0.717, 1.165) is 27.1 Å². The molecule has 3 amide bonds. The van der Waals surface area contributed by atoms with Gasteiger partial charge in [-0.2, -0.15) is 0 Å². The molecule has 0 aliphatic heterocycles. The number of hydrogen-bond donors (Lipinski definition) is 3. The molecule has 8 nitrogen and oxygen atoms in total. The molecule has 0 aliphatic carbocycles. The van der Waals surface area contributed by atoms with Crippen molar-refractivity contribution in [3.8, 4) is 11.1 Å². The van der Waals surface area contributed by atoms with Crippen LogP contribution in [0.1, 0.15) is 71.0 Å². The summed E-state index contributed by atoms with van der Waals surface area (Å²) in [5.74, 6) is -1.35. The Morgan fingerprint density at radius 1 is 0.846 bits per heavy atom. The summed E-state index contributed by atoms with van der Waals surface area (Å²) in [5.41, 5.74) is 5.88. The zero-order valence-corrected chi connectivity index (χ0v) is 31.3. The minimum absolute atomic E-state index is 0.0790. The monoisotopic (exact) mass is 731 g/mol. The molecule has 5 rings (SSSR count). The van der Waals surface area contributed by atoms with Crippen molar-refractivity contribution >= 4 is 63.6 Å². The van der Waals surface area contributed by atoms with Crippen molar-refractivity contribution in [2.75, 3.05) is 17.2 Å². The van der Waals surface area contributed by atoms with Gasteiger partial charge >= 0.3 is 5.97 Å². The molecule has 3 N–H and O–H groups in total. The number of carbonyl (C=O) groups excluding carboxylic acids is 4. The molecule has 0 saturated heterocycles. The lowest BCUT2D eigenvalue weighted by Crippen LogP contribution is -2.30. The van der Waals surface area contributed by atoms with Gasteiger partial charge in [0.1, 0.15) is 16.3 Å². The Hall–Kier alpha value is -5.45. The molecule has 0 spiro atoms. The smallest absolute Gasteiger partial charge is 0.341 e. The Bertz CT molecular complexity index is 2070. The van der Waals surface area contributed by atoms with Gasteiger partial charge in [-0.05, 0) is 79.8 Å². The molecular weight excluding hydrogens is 691 g/mol. The van der Waals surface area contributed by atoms with E-state index in [-0.39, 0.29) is 18.2 Å². The minimum Gasteiger partial charge on any atom is -0.462 e. The molecule has 52 heavy (non-hydrogen) atoms. The van der Waals surface area contributed by atoms with Crippen molar-refractivity contribution in [3.05, 3.63) is 142 Å². The fourth-order valence-corrected chi connectivity index (χ4v) is 7.09. The molecule has 266 valence electrons. The van der Waals surface area contributed by atoms with Crippen molar-refractivity contribution in [1.82, 2.24) is 5.32 Å². The predicted octanol–water partition coefficient (Wildman–Crippen LogP) is 9.55. The molecule has 5 aromatic rings. The Labute approximate surface area is 312 Å². The van der Waals surface area contributed by atoms with Crippen LogP contribution in [0.3, 0.4) is 0 Å². The molecule has 4 aromatic carbocycles. The molecule has 1 heterocycles. The highest BCUT2D eigenvalue weighted by Gasteiger charge is 2.25. The van der Waals surface area contributed by atoms with E-state index in [1.807, 2.05) is 73.0 Å². The van der Waals surface area contributed by atoms with Gasteiger partial charge in [0.25, 0.3) is 11.8 Å². The molecule has 0 bridgehead atoms. The largest absolute Gasteiger partial charge is 0.462 e. The number of carbonyl (C=O) groups is 4. The number of thioether (sulfide) groups is 1. The number of ether oxygens (including phenoxy) is 1. The normalized spacial score (nSPS) is 11.8. The van der Waals surface area contributed by atoms with Crippen molar-refractivity contribution in [2.45, 2.75) is 50.7 Å². The Balaban J connectivity index is 1.31. The first-order valence-electron chi connectivity index (χ1n) is 16.9. The van der Waals surface area contributed by atoms with Crippen LogP contribution < -0.4 is 16.0 Å². The first-order valence-corrected chi connectivity index (χ1v) is 18.7. The fraction of sp³-hybridized carbons (Fsp3) is 0.190. The third-order valence-corrected chi connectivity index (χ3v) is 10.1. The quantitative estimate of drug-likeness (QED) is 0.0632. The number of amides is 3. The summed E-state index contributed by atoms with van der Waals surface area (Å²) in [6.07, 6.45) is 1.64. The highest BCUT2D eigenvalue weighted by Crippen LogP contribution is 2.37. The Morgan fingerprint density at radius 2 is 1.56 bits per heavy atom. The van der Waals surface area contributed by atoms with Crippen LogP contribution in [0.5, 0.6) is 0 Å². The summed E-state index contributed by atoms with van der Waals surface area (Å²) in [6.45, 7) is 9.93. The van der Waals surface area contributed by atoms with E-state index < -0.39 is 23.0 Å². The average molecular weight is 732 g/mol. The maximum absolute atomic E-state index is 13.7. The van der Waals surface area contributed by atoms with Gasteiger partial charge in [-0.1, -0.05) is 92.2 Å². The summed E-state index contributed by atoms with van der Waals surface area (Å²) >= 11 is 2.58. The summed E-state index contributed by atoms with van der Waals surface area (Å²) in [7, 11) is 0.